The molecule has 1 atom stereocenters. The molecule has 4 rings (SSSR count). The van der Waals surface area contributed by atoms with E-state index in [0.717, 1.165) is 37.3 Å². The first kappa shape index (κ1) is 19.8. The topological polar surface area (TPSA) is 123 Å². The zero-order valence-corrected chi connectivity index (χ0v) is 16.9. The minimum atomic E-state index is -0.391. The van der Waals surface area contributed by atoms with E-state index in [1.165, 1.54) is 0 Å². The number of nitrogens with one attached hydrogen (secondary N) is 1. The van der Waals surface area contributed by atoms with Crippen molar-refractivity contribution >= 4 is 23.0 Å². The maximum atomic E-state index is 13.0. The third kappa shape index (κ3) is 4.23. The molecule has 154 valence electrons. The van der Waals surface area contributed by atoms with Gasteiger partial charge in [-0.25, -0.2) is 4.98 Å². The summed E-state index contributed by atoms with van der Waals surface area (Å²) in [5.41, 5.74) is 16.3. The molecule has 0 aromatic carbocycles. The van der Waals surface area contributed by atoms with Crippen molar-refractivity contribution in [3.8, 4) is 11.4 Å². The molecular weight excluding hydrogens is 378 g/mol. The SMILES string of the molecule is Cc1cccc(-c2ccc(N)c(C(=O)Nc3cnccc3N3CCC[C@H](N)C3)n2)n1. The van der Waals surface area contributed by atoms with E-state index in [1.54, 1.807) is 24.5 Å². The van der Waals surface area contributed by atoms with Crippen molar-refractivity contribution < 1.29 is 4.79 Å². The fourth-order valence-corrected chi connectivity index (χ4v) is 3.65. The van der Waals surface area contributed by atoms with Crippen LogP contribution in [0.5, 0.6) is 0 Å². The predicted molar refractivity (Wildman–Crippen MR) is 118 cm³/mol. The van der Waals surface area contributed by atoms with Crippen molar-refractivity contribution in [3.05, 3.63) is 60.2 Å². The van der Waals surface area contributed by atoms with Gasteiger partial charge in [0.25, 0.3) is 5.91 Å². The van der Waals surface area contributed by atoms with E-state index >= 15 is 0 Å². The van der Waals surface area contributed by atoms with E-state index in [4.69, 9.17) is 11.5 Å². The predicted octanol–water partition coefficient (Wildman–Crippen LogP) is 2.61. The smallest absolute Gasteiger partial charge is 0.276 e. The van der Waals surface area contributed by atoms with Crippen molar-refractivity contribution in [1.29, 1.82) is 0 Å². The summed E-state index contributed by atoms with van der Waals surface area (Å²) >= 11 is 0. The van der Waals surface area contributed by atoms with Crippen molar-refractivity contribution in [3.63, 3.8) is 0 Å². The van der Waals surface area contributed by atoms with Crippen LogP contribution in [0.1, 0.15) is 29.0 Å². The highest BCUT2D eigenvalue weighted by atomic mass is 16.1. The zero-order chi connectivity index (χ0) is 21.1. The van der Waals surface area contributed by atoms with Crippen molar-refractivity contribution in [2.75, 3.05) is 29.0 Å². The molecule has 0 saturated carbocycles. The molecule has 0 aliphatic carbocycles. The van der Waals surface area contributed by atoms with Crippen LogP contribution >= 0.6 is 0 Å². The Morgan fingerprint density at radius 2 is 2.00 bits per heavy atom. The van der Waals surface area contributed by atoms with Gasteiger partial charge in [0.1, 0.15) is 0 Å². The molecule has 3 aromatic heterocycles. The quantitative estimate of drug-likeness (QED) is 0.612. The highest BCUT2D eigenvalue weighted by Gasteiger charge is 2.21. The van der Waals surface area contributed by atoms with Gasteiger partial charge < -0.3 is 21.7 Å². The first-order valence-electron chi connectivity index (χ1n) is 9.97. The Kier molecular flexibility index (Phi) is 5.58. The monoisotopic (exact) mass is 403 g/mol. The Morgan fingerprint density at radius 1 is 1.17 bits per heavy atom. The average molecular weight is 403 g/mol. The van der Waals surface area contributed by atoms with Gasteiger partial charge in [0.05, 0.1) is 34.6 Å². The van der Waals surface area contributed by atoms with E-state index in [9.17, 15) is 4.79 Å². The van der Waals surface area contributed by atoms with Gasteiger partial charge in [0.2, 0.25) is 0 Å². The summed E-state index contributed by atoms with van der Waals surface area (Å²) in [4.78, 5) is 28.3. The average Bonchev–Trinajstić information content (AvgIpc) is 2.74. The molecule has 1 aliphatic rings. The second-order valence-electron chi connectivity index (χ2n) is 7.49. The summed E-state index contributed by atoms with van der Waals surface area (Å²) in [5.74, 6) is -0.391. The molecule has 5 N–H and O–H groups in total. The molecule has 8 nitrogen and oxygen atoms in total. The molecular formula is C22H25N7O. The number of aromatic nitrogens is 3. The van der Waals surface area contributed by atoms with Gasteiger partial charge in [0.15, 0.2) is 5.69 Å². The molecule has 3 aromatic rings. The Balaban J connectivity index is 1.61. The Morgan fingerprint density at radius 3 is 2.80 bits per heavy atom. The van der Waals surface area contributed by atoms with Crippen molar-refractivity contribution in [2.24, 2.45) is 5.73 Å². The van der Waals surface area contributed by atoms with Crippen LogP contribution < -0.4 is 21.7 Å². The van der Waals surface area contributed by atoms with Crippen LogP contribution in [0.2, 0.25) is 0 Å². The van der Waals surface area contributed by atoms with Crippen LogP contribution in [0, 0.1) is 6.92 Å². The van der Waals surface area contributed by atoms with E-state index in [1.807, 2.05) is 31.2 Å². The van der Waals surface area contributed by atoms with Gasteiger partial charge in [-0.05, 0) is 50.1 Å². The molecule has 4 heterocycles. The van der Waals surface area contributed by atoms with Crippen LogP contribution in [0.3, 0.4) is 0 Å². The standard InChI is InChI=1S/C22H25N7O/c1-14-4-2-6-17(26-14)18-8-7-16(24)21(27-18)22(30)28-19-12-25-10-9-20(19)29-11-3-5-15(23)13-29/h2,4,6-10,12,15H,3,5,11,13,23-24H2,1H3,(H,28,30)/t15-/m0/s1. The maximum Gasteiger partial charge on any atom is 0.276 e. The fraction of sp³-hybridized carbons (Fsp3) is 0.273. The zero-order valence-electron chi connectivity index (χ0n) is 16.9. The lowest BCUT2D eigenvalue weighted by Gasteiger charge is -2.33. The molecule has 0 bridgehead atoms. The molecule has 1 saturated heterocycles. The lowest BCUT2D eigenvalue weighted by atomic mass is 10.1. The molecule has 0 radical (unpaired) electrons. The number of anilines is 3. The molecule has 1 amide bonds. The Bertz CT molecular complexity index is 1070. The van der Waals surface area contributed by atoms with Crippen LogP contribution in [0.4, 0.5) is 17.1 Å². The van der Waals surface area contributed by atoms with Gasteiger partial charge in [-0.1, -0.05) is 6.07 Å². The van der Waals surface area contributed by atoms with E-state index in [0.29, 0.717) is 22.8 Å². The number of hydrogen-bond donors (Lipinski definition) is 3. The van der Waals surface area contributed by atoms with Crippen LogP contribution in [-0.4, -0.2) is 40.0 Å². The minimum Gasteiger partial charge on any atom is -0.397 e. The van der Waals surface area contributed by atoms with Gasteiger partial charge in [-0.3, -0.25) is 14.8 Å². The largest absolute Gasteiger partial charge is 0.397 e. The Hall–Kier alpha value is -3.52. The molecule has 8 heteroatoms. The van der Waals surface area contributed by atoms with E-state index < -0.39 is 5.91 Å². The number of amides is 1. The van der Waals surface area contributed by atoms with Crippen LogP contribution in [0.25, 0.3) is 11.4 Å². The lowest BCUT2D eigenvalue weighted by Crippen LogP contribution is -2.43. The number of piperidine rings is 1. The summed E-state index contributed by atoms with van der Waals surface area (Å²) in [6.45, 7) is 3.53. The third-order valence-corrected chi connectivity index (χ3v) is 5.14. The summed E-state index contributed by atoms with van der Waals surface area (Å²) in [5, 5.41) is 2.92. The number of hydrogen-bond acceptors (Lipinski definition) is 7. The number of carbonyl (C=O) groups excluding carboxylic acids is 1. The van der Waals surface area contributed by atoms with Crippen LogP contribution in [0.15, 0.2) is 48.8 Å². The highest BCUT2D eigenvalue weighted by molar-refractivity contribution is 6.07. The number of pyridine rings is 3. The summed E-state index contributed by atoms with van der Waals surface area (Å²) in [7, 11) is 0. The summed E-state index contributed by atoms with van der Waals surface area (Å²) in [6, 6.07) is 11.1. The lowest BCUT2D eigenvalue weighted by molar-refractivity contribution is 0.102. The second-order valence-corrected chi connectivity index (χ2v) is 7.49. The maximum absolute atomic E-state index is 13.0. The van der Waals surface area contributed by atoms with Crippen LogP contribution in [-0.2, 0) is 0 Å². The number of nitrogens with two attached hydrogens (primary N) is 2. The number of nitrogen functional groups attached to an aromatic ring is 1. The number of nitrogens with zero attached hydrogens (tertiary/aromatic N) is 4. The minimum absolute atomic E-state index is 0.117. The van der Waals surface area contributed by atoms with Gasteiger partial charge in [0, 0.05) is 31.0 Å². The molecule has 0 spiro atoms. The normalized spacial score (nSPS) is 16.3. The summed E-state index contributed by atoms with van der Waals surface area (Å²) in [6.07, 6.45) is 5.36. The molecule has 1 fully saturated rings. The first-order valence-corrected chi connectivity index (χ1v) is 9.97. The first-order chi connectivity index (χ1) is 14.5. The summed E-state index contributed by atoms with van der Waals surface area (Å²) < 4.78 is 0. The highest BCUT2D eigenvalue weighted by Crippen LogP contribution is 2.28. The van der Waals surface area contributed by atoms with Gasteiger partial charge >= 0.3 is 0 Å². The number of carbonyl (C=O) groups is 1. The Labute approximate surface area is 175 Å². The van der Waals surface area contributed by atoms with Gasteiger partial charge in [-0.2, -0.15) is 0 Å². The second kappa shape index (κ2) is 8.46. The van der Waals surface area contributed by atoms with Crippen molar-refractivity contribution in [1.82, 2.24) is 15.0 Å². The van der Waals surface area contributed by atoms with Crippen molar-refractivity contribution in [2.45, 2.75) is 25.8 Å². The van der Waals surface area contributed by atoms with Gasteiger partial charge in [-0.15, -0.1) is 0 Å². The third-order valence-electron chi connectivity index (χ3n) is 5.14. The fourth-order valence-electron chi connectivity index (χ4n) is 3.65. The van der Waals surface area contributed by atoms with E-state index in [2.05, 4.69) is 25.2 Å². The molecule has 1 aliphatic heterocycles. The molecule has 30 heavy (non-hydrogen) atoms. The number of aryl methyl sites for hydroxylation is 1. The van der Waals surface area contributed by atoms with E-state index in [-0.39, 0.29) is 11.7 Å². The number of rotatable bonds is 4. The molecule has 0 unspecified atom stereocenters.